The van der Waals surface area contributed by atoms with Gasteiger partial charge in [0.15, 0.2) is 0 Å². The average Bonchev–Trinajstić information content (AvgIpc) is 1.81. The van der Waals surface area contributed by atoms with Crippen molar-refractivity contribution < 1.29 is 4.79 Å². The van der Waals surface area contributed by atoms with E-state index in [2.05, 4.69) is 31.8 Å². The molecule has 0 spiro atoms. The van der Waals surface area contributed by atoms with Crippen LogP contribution in [0.1, 0.15) is 20.8 Å². The molecule has 0 radical (unpaired) electrons. The lowest BCUT2D eigenvalue weighted by Gasteiger charge is -2.18. The minimum absolute atomic E-state index is 0.0211. The Morgan fingerprint density at radius 3 is 2.20 bits per heavy atom. The number of carbonyl (C=O) groups is 1. The van der Waals surface area contributed by atoms with Gasteiger partial charge in [-0.25, -0.2) is 0 Å². The summed E-state index contributed by atoms with van der Waals surface area (Å²) in [5, 5.41) is 2.81. The Bertz CT molecular complexity index is 114. The predicted octanol–water partition coefficient (Wildman–Crippen LogP) is 1.08. The van der Waals surface area contributed by atoms with Crippen molar-refractivity contribution >= 4 is 18.5 Å². The molecule has 0 fully saturated rings. The topological polar surface area (TPSA) is 29.1 Å². The molecule has 1 atom stereocenters. The van der Waals surface area contributed by atoms with Crippen LogP contribution in [0.5, 0.6) is 0 Å². The standard InChI is InChI=1S/C7H15NOS/c1-5(2)7(4-10)8-6(3)9/h5,7,10H,4H2,1-3H3,(H,8,9). The van der Waals surface area contributed by atoms with Crippen LogP contribution in [0.2, 0.25) is 0 Å². The van der Waals surface area contributed by atoms with Crippen molar-refractivity contribution in [1.29, 1.82) is 0 Å². The first-order valence-electron chi connectivity index (χ1n) is 3.46. The van der Waals surface area contributed by atoms with Gasteiger partial charge in [-0.15, -0.1) is 0 Å². The zero-order valence-corrected chi connectivity index (χ0v) is 7.61. The second-order valence-electron chi connectivity index (χ2n) is 2.73. The van der Waals surface area contributed by atoms with Crippen molar-refractivity contribution in [2.24, 2.45) is 5.92 Å². The Labute approximate surface area is 67.8 Å². The molecular weight excluding hydrogens is 146 g/mol. The Kier molecular flexibility index (Phi) is 4.52. The van der Waals surface area contributed by atoms with Crippen LogP contribution in [0.4, 0.5) is 0 Å². The molecule has 0 aromatic heterocycles. The number of amides is 1. The van der Waals surface area contributed by atoms with Gasteiger partial charge in [0, 0.05) is 18.7 Å². The van der Waals surface area contributed by atoms with Gasteiger partial charge in [0.2, 0.25) is 5.91 Å². The van der Waals surface area contributed by atoms with Crippen molar-refractivity contribution in [2.75, 3.05) is 5.75 Å². The Morgan fingerprint density at radius 2 is 2.10 bits per heavy atom. The summed E-state index contributed by atoms with van der Waals surface area (Å²) in [5.74, 6) is 1.19. The highest BCUT2D eigenvalue weighted by Gasteiger charge is 2.10. The normalized spacial score (nSPS) is 13.3. The van der Waals surface area contributed by atoms with Gasteiger partial charge in [0.25, 0.3) is 0 Å². The molecule has 0 aliphatic carbocycles. The monoisotopic (exact) mass is 161 g/mol. The first-order chi connectivity index (χ1) is 4.57. The summed E-state index contributed by atoms with van der Waals surface area (Å²) in [4.78, 5) is 10.6. The van der Waals surface area contributed by atoms with E-state index in [1.165, 1.54) is 6.92 Å². The first-order valence-corrected chi connectivity index (χ1v) is 4.09. The van der Waals surface area contributed by atoms with E-state index in [1.54, 1.807) is 0 Å². The van der Waals surface area contributed by atoms with Crippen LogP contribution in [-0.4, -0.2) is 17.7 Å². The molecule has 0 saturated heterocycles. The fourth-order valence-corrected chi connectivity index (χ4v) is 1.20. The number of rotatable bonds is 3. The van der Waals surface area contributed by atoms with Crippen molar-refractivity contribution in [3.63, 3.8) is 0 Å². The highest BCUT2D eigenvalue weighted by Crippen LogP contribution is 2.02. The molecule has 0 aliphatic rings. The van der Waals surface area contributed by atoms with Gasteiger partial charge < -0.3 is 5.32 Å². The highest BCUT2D eigenvalue weighted by atomic mass is 32.1. The minimum atomic E-state index is 0.0211. The average molecular weight is 161 g/mol. The summed E-state index contributed by atoms with van der Waals surface area (Å²) in [6, 6.07) is 0.209. The summed E-state index contributed by atoms with van der Waals surface area (Å²) < 4.78 is 0. The zero-order chi connectivity index (χ0) is 8.15. The van der Waals surface area contributed by atoms with E-state index in [0.717, 1.165) is 0 Å². The molecular formula is C7H15NOS. The lowest BCUT2D eigenvalue weighted by Crippen LogP contribution is -2.38. The molecule has 1 N–H and O–H groups in total. The molecule has 10 heavy (non-hydrogen) atoms. The van der Waals surface area contributed by atoms with Crippen LogP contribution in [0.3, 0.4) is 0 Å². The molecule has 0 aliphatic heterocycles. The zero-order valence-electron chi connectivity index (χ0n) is 6.72. The van der Waals surface area contributed by atoms with Gasteiger partial charge in [-0.05, 0) is 5.92 Å². The molecule has 1 amide bonds. The molecule has 0 heterocycles. The minimum Gasteiger partial charge on any atom is -0.353 e. The molecule has 1 unspecified atom stereocenters. The predicted molar refractivity (Wildman–Crippen MR) is 46.3 cm³/mol. The number of carbonyl (C=O) groups excluding carboxylic acids is 1. The third-order valence-corrected chi connectivity index (χ3v) is 1.78. The maximum Gasteiger partial charge on any atom is 0.217 e. The van der Waals surface area contributed by atoms with E-state index in [0.29, 0.717) is 11.7 Å². The molecule has 2 nitrogen and oxygen atoms in total. The van der Waals surface area contributed by atoms with E-state index in [4.69, 9.17) is 0 Å². The molecule has 0 aromatic rings. The number of nitrogens with one attached hydrogen (secondary N) is 1. The van der Waals surface area contributed by atoms with Crippen LogP contribution < -0.4 is 5.32 Å². The van der Waals surface area contributed by atoms with Gasteiger partial charge in [-0.3, -0.25) is 4.79 Å². The fraction of sp³-hybridized carbons (Fsp3) is 0.857. The van der Waals surface area contributed by atoms with Gasteiger partial charge in [-0.1, -0.05) is 13.8 Å². The maximum atomic E-state index is 10.6. The van der Waals surface area contributed by atoms with Crippen LogP contribution >= 0.6 is 12.6 Å². The summed E-state index contributed by atoms with van der Waals surface area (Å²) in [5.41, 5.74) is 0. The van der Waals surface area contributed by atoms with Crippen molar-refractivity contribution in [3.8, 4) is 0 Å². The molecule has 0 saturated carbocycles. The molecule has 60 valence electrons. The fourth-order valence-electron chi connectivity index (χ4n) is 0.684. The summed E-state index contributed by atoms with van der Waals surface area (Å²) in [7, 11) is 0. The van der Waals surface area contributed by atoms with Crippen LogP contribution in [0, 0.1) is 5.92 Å². The summed E-state index contributed by atoms with van der Waals surface area (Å²) in [6.07, 6.45) is 0. The summed E-state index contributed by atoms with van der Waals surface area (Å²) >= 11 is 4.11. The van der Waals surface area contributed by atoms with Crippen LogP contribution in [0.25, 0.3) is 0 Å². The van der Waals surface area contributed by atoms with E-state index in [-0.39, 0.29) is 11.9 Å². The number of hydrogen-bond acceptors (Lipinski definition) is 2. The van der Waals surface area contributed by atoms with Gasteiger partial charge >= 0.3 is 0 Å². The maximum absolute atomic E-state index is 10.6. The van der Waals surface area contributed by atoms with E-state index >= 15 is 0 Å². The Balaban J connectivity index is 3.71. The summed E-state index contributed by atoms with van der Waals surface area (Å²) in [6.45, 7) is 5.66. The number of hydrogen-bond donors (Lipinski definition) is 2. The Hall–Kier alpha value is -0.180. The number of thiol groups is 1. The third-order valence-electron chi connectivity index (χ3n) is 1.39. The lowest BCUT2D eigenvalue weighted by molar-refractivity contribution is -0.119. The second-order valence-corrected chi connectivity index (χ2v) is 3.10. The SMILES string of the molecule is CC(=O)NC(CS)C(C)C. The van der Waals surface area contributed by atoms with Crippen molar-refractivity contribution in [3.05, 3.63) is 0 Å². The Morgan fingerprint density at radius 1 is 1.60 bits per heavy atom. The van der Waals surface area contributed by atoms with Gasteiger partial charge in [0.1, 0.15) is 0 Å². The molecule has 0 rings (SSSR count). The van der Waals surface area contributed by atoms with Crippen LogP contribution in [-0.2, 0) is 4.79 Å². The third kappa shape index (κ3) is 3.77. The molecule has 3 heteroatoms. The lowest BCUT2D eigenvalue weighted by atomic mass is 10.1. The first kappa shape index (κ1) is 9.82. The van der Waals surface area contributed by atoms with E-state index in [1.807, 2.05) is 0 Å². The van der Waals surface area contributed by atoms with Crippen LogP contribution in [0.15, 0.2) is 0 Å². The molecule has 0 bridgehead atoms. The van der Waals surface area contributed by atoms with Crippen molar-refractivity contribution in [1.82, 2.24) is 5.32 Å². The molecule has 0 aromatic carbocycles. The van der Waals surface area contributed by atoms with Gasteiger partial charge in [-0.2, -0.15) is 12.6 Å². The quantitative estimate of drug-likeness (QED) is 0.596. The van der Waals surface area contributed by atoms with E-state index < -0.39 is 0 Å². The highest BCUT2D eigenvalue weighted by molar-refractivity contribution is 7.80. The van der Waals surface area contributed by atoms with Gasteiger partial charge in [0.05, 0.1) is 0 Å². The van der Waals surface area contributed by atoms with E-state index in [9.17, 15) is 4.79 Å². The smallest absolute Gasteiger partial charge is 0.217 e. The van der Waals surface area contributed by atoms with Crippen molar-refractivity contribution in [2.45, 2.75) is 26.8 Å². The second kappa shape index (κ2) is 4.61. The largest absolute Gasteiger partial charge is 0.353 e.